The van der Waals surface area contributed by atoms with E-state index >= 15 is 0 Å². The van der Waals surface area contributed by atoms with Crippen LogP contribution in [0, 0.1) is 10.1 Å². The van der Waals surface area contributed by atoms with Crippen LogP contribution in [0.1, 0.15) is 10.4 Å². The fraction of sp³-hybridized carbons (Fsp3) is 0.214. The Balaban J connectivity index is 2.12. The Kier molecular flexibility index (Phi) is 6.60. The van der Waals surface area contributed by atoms with Crippen LogP contribution in [-0.2, 0) is 4.74 Å². The monoisotopic (exact) mass is 410 g/mol. The lowest BCUT2D eigenvalue weighted by molar-refractivity contribution is -0.383. The van der Waals surface area contributed by atoms with Gasteiger partial charge in [-0.15, -0.1) is 0 Å². The lowest BCUT2D eigenvalue weighted by Crippen LogP contribution is -2.30. The van der Waals surface area contributed by atoms with Crippen molar-refractivity contribution in [1.29, 1.82) is 0 Å². The van der Waals surface area contributed by atoms with Crippen molar-refractivity contribution in [3.63, 3.8) is 0 Å². The molecule has 0 atom stereocenters. The Morgan fingerprint density at radius 2 is 1.96 bits per heavy atom. The first kappa shape index (κ1) is 18.5. The van der Waals surface area contributed by atoms with E-state index in [0.717, 1.165) is 10.8 Å². The Morgan fingerprint density at radius 3 is 2.60 bits per heavy atom. The number of nitro groups is 1. The first-order chi connectivity index (χ1) is 12.0. The molecule has 10 nitrogen and oxygen atoms in total. The first-order valence-corrected chi connectivity index (χ1v) is 7.86. The van der Waals surface area contributed by atoms with Gasteiger partial charge >= 0.3 is 5.69 Å². The summed E-state index contributed by atoms with van der Waals surface area (Å²) in [6, 6.07) is 6.63. The molecule has 0 saturated heterocycles. The molecular weight excluding hydrogens is 396 g/mol. The number of hydrazine groups is 1. The maximum absolute atomic E-state index is 12.1. The largest absolute Gasteiger partial charge is 0.383 e. The van der Waals surface area contributed by atoms with Crippen molar-refractivity contribution in [1.82, 2.24) is 15.4 Å². The van der Waals surface area contributed by atoms with Crippen LogP contribution in [0.2, 0.25) is 0 Å². The van der Waals surface area contributed by atoms with E-state index in [4.69, 9.17) is 4.74 Å². The van der Waals surface area contributed by atoms with Crippen LogP contribution in [0.15, 0.2) is 35.1 Å². The van der Waals surface area contributed by atoms with E-state index in [1.807, 2.05) is 0 Å². The number of rotatable bonds is 8. The zero-order valence-corrected chi connectivity index (χ0v) is 14.7. The Morgan fingerprint density at radius 1 is 1.28 bits per heavy atom. The van der Waals surface area contributed by atoms with Gasteiger partial charge in [0.2, 0.25) is 11.6 Å². The lowest BCUT2D eigenvalue weighted by atomic mass is 10.2. The minimum absolute atomic E-state index is 0.0254. The van der Waals surface area contributed by atoms with E-state index in [0.29, 0.717) is 18.7 Å². The average Bonchev–Trinajstić information content (AvgIpc) is 2.60. The van der Waals surface area contributed by atoms with E-state index in [2.05, 4.69) is 42.1 Å². The average molecular weight is 411 g/mol. The van der Waals surface area contributed by atoms with Crippen LogP contribution < -0.4 is 16.2 Å². The number of aromatic nitrogens is 2. The number of halogens is 1. The van der Waals surface area contributed by atoms with E-state index in [-0.39, 0.29) is 17.3 Å². The van der Waals surface area contributed by atoms with Gasteiger partial charge in [0.15, 0.2) is 0 Å². The number of carbonyl (C=O) groups is 1. The minimum atomic E-state index is -0.636. The van der Waals surface area contributed by atoms with Crippen LogP contribution in [-0.4, -0.2) is 41.1 Å². The highest BCUT2D eigenvalue weighted by atomic mass is 79.9. The second-order valence-electron chi connectivity index (χ2n) is 4.68. The van der Waals surface area contributed by atoms with Gasteiger partial charge in [-0.3, -0.25) is 25.8 Å². The molecule has 0 saturated carbocycles. The van der Waals surface area contributed by atoms with Gasteiger partial charge in [0, 0.05) is 23.7 Å². The molecule has 2 rings (SSSR count). The van der Waals surface area contributed by atoms with Crippen LogP contribution >= 0.6 is 15.9 Å². The normalized spacial score (nSPS) is 10.2. The van der Waals surface area contributed by atoms with Crippen molar-refractivity contribution in [2.75, 3.05) is 31.0 Å². The Labute approximate surface area is 151 Å². The molecule has 0 spiro atoms. The lowest BCUT2D eigenvalue weighted by Gasteiger charge is -2.10. The number of ether oxygens (including phenoxy) is 1. The smallest absolute Gasteiger partial charge is 0.354 e. The summed E-state index contributed by atoms with van der Waals surface area (Å²) in [6.45, 7) is 0.684. The molecule has 3 N–H and O–H groups in total. The van der Waals surface area contributed by atoms with E-state index in [9.17, 15) is 14.9 Å². The highest BCUT2D eigenvalue weighted by Crippen LogP contribution is 2.28. The molecule has 0 aliphatic heterocycles. The second kappa shape index (κ2) is 8.89. The highest BCUT2D eigenvalue weighted by molar-refractivity contribution is 9.10. The summed E-state index contributed by atoms with van der Waals surface area (Å²) < 4.78 is 5.71. The molecule has 132 valence electrons. The number of nitrogens with zero attached hydrogens (tertiary/aromatic N) is 3. The summed E-state index contributed by atoms with van der Waals surface area (Å²) in [4.78, 5) is 30.4. The molecule has 0 aliphatic carbocycles. The molecule has 1 aromatic carbocycles. The minimum Gasteiger partial charge on any atom is -0.383 e. The fourth-order valence-electron chi connectivity index (χ4n) is 1.83. The van der Waals surface area contributed by atoms with Gasteiger partial charge in [-0.2, -0.15) is 0 Å². The fourth-order valence-corrected chi connectivity index (χ4v) is 2.10. The van der Waals surface area contributed by atoms with Crippen LogP contribution in [0.5, 0.6) is 0 Å². The van der Waals surface area contributed by atoms with Gasteiger partial charge in [-0.25, -0.2) is 9.97 Å². The highest BCUT2D eigenvalue weighted by Gasteiger charge is 2.23. The van der Waals surface area contributed by atoms with Crippen LogP contribution in [0.25, 0.3) is 0 Å². The predicted molar refractivity (Wildman–Crippen MR) is 94.3 cm³/mol. The van der Waals surface area contributed by atoms with Crippen molar-refractivity contribution in [3.05, 3.63) is 50.7 Å². The molecule has 11 heteroatoms. The van der Waals surface area contributed by atoms with Crippen LogP contribution in [0.3, 0.4) is 0 Å². The number of benzene rings is 1. The van der Waals surface area contributed by atoms with Gasteiger partial charge in [0.1, 0.15) is 6.33 Å². The second-order valence-corrected chi connectivity index (χ2v) is 5.60. The molecule has 0 fully saturated rings. The van der Waals surface area contributed by atoms with Crippen LogP contribution in [0.4, 0.5) is 17.3 Å². The van der Waals surface area contributed by atoms with Crippen molar-refractivity contribution in [3.8, 4) is 0 Å². The summed E-state index contributed by atoms with van der Waals surface area (Å²) in [5.74, 6) is -0.572. The van der Waals surface area contributed by atoms with E-state index < -0.39 is 10.8 Å². The molecule has 0 unspecified atom stereocenters. The summed E-state index contributed by atoms with van der Waals surface area (Å²) in [5, 5.41) is 14.1. The molecule has 25 heavy (non-hydrogen) atoms. The number of anilines is 2. The predicted octanol–water partition coefficient (Wildman–Crippen LogP) is 1.96. The van der Waals surface area contributed by atoms with Gasteiger partial charge in [-0.1, -0.05) is 15.9 Å². The summed E-state index contributed by atoms with van der Waals surface area (Å²) in [7, 11) is 1.51. The quantitative estimate of drug-likeness (QED) is 0.341. The molecule has 0 aliphatic rings. The van der Waals surface area contributed by atoms with E-state index in [1.165, 1.54) is 7.11 Å². The summed E-state index contributed by atoms with van der Waals surface area (Å²) in [6.07, 6.45) is 1.15. The Hall–Kier alpha value is -2.79. The summed E-state index contributed by atoms with van der Waals surface area (Å²) >= 11 is 3.27. The number of nitrogens with one attached hydrogen (secondary N) is 3. The topological polar surface area (TPSA) is 131 Å². The summed E-state index contributed by atoms with van der Waals surface area (Å²) in [5.41, 5.74) is 4.84. The maximum atomic E-state index is 12.1. The Bertz CT molecular complexity index is 755. The van der Waals surface area contributed by atoms with Gasteiger partial charge in [-0.05, 0) is 24.3 Å². The number of carbonyl (C=O) groups excluding carboxylic acids is 1. The number of hydrogen-bond acceptors (Lipinski definition) is 8. The van der Waals surface area contributed by atoms with Crippen molar-refractivity contribution in [2.45, 2.75) is 0 Å². The number of methoxy groups -OCH3 is 1. The van der Waals surface area contributed by atoms with Crippen molar-refractivity contribution < 1.29 is 14.5 Å². The van der Waals surface area contributed by atoms with Gasteiger partial charge in [0.25, 0.3) is 5.91 Å². The molecule has 1 heterocycles. The van der Waals surface area contributed by atoms with Crippen molar-refractivity contribution >= 4 is 39.2 Å². The SMILES string of the molecule is COCCNc1ncnc(NNC(=O)c2ccc(Br)cc2)c1[N+](=O)[O-]. The first-order valence-electron chi connectivity index (χ1n) is 7.07. The van der Waals surface area contributed by atoms with Gasteiger partial charge in [0.05, 0.1) is 11.5 Å². The van der Waals surface area contributed by atoms with Gasteiger partial charge < -0.3 is 10.1 Å². The third kappa shape index (κ3) is 5.09. The molecular formula is C14H15BrN6O4. The zero-order chi connectivity index (χ0) is 18.2. The van der Waals surface area contributed by atoms with E-state index in [1.54, 1.807) is 24.3 Å². The molecule has 2 aromatic rings. The van der Waals surface area contributed by atoms with Crippen molar-refractivity contribution in [2.24, 2.45) is 0 Å². The molecule has 0 bridgehead atoms. The molecule has 1 aromatic heterocycles. The number of hydrogen-bond donors (Lipinski definition) is 3. The third-order valence-corrected chi connectivity index (χ3v) is 3.53. The maximum Gasteiger partial charge on any atom is 0.354 e. The standard InChI is InChI=1S/C14H15BrN6O4/c1-25-7-6-16-12-11(21(23)24)13(18-8-17-12)19-20-14(22)9-2-4-10(15)5-3-9/h2-5,8H,6-7H2,1H3,(H,20,22)(H2,16,17,18,19). The molecule has 0 radical (unpaired) electrons. The third-order valence-electron chi connectivity index (χ3n) is 3.00. The number of amides is 1. The molecule has 1 amide bonds. The zero-order valence-electron chi connectivity index (χ0n) is 13.2.